The molecule has 2 aromatic rings. The summed E-state index contributed by atoms with van der Waals surface area (Å²) in [5.41, 5.74) is 2.85. The molecule has 0 aliphatic carbocycles. The maximum Gasteiger partial charge on any atom is 0.274 e. The van der Waals surface area contributed by atoms with Crippen molar-refractivity contribution < 1.29 is 4.79 Å². The van der Waals surface area contributed by atoms with Gasteiger partial charge >= 0.3 is 0 Å². The van der Waals surface area contributed by atoms with Crippen molar-refractivity contribution >= 4 is 11.6 Å². The predicted molar refractivity (Wildman–Crippen MR) is 120 cm³/mol. The number of piperidine rings is 1. The van der Waals surface area contributed by atoms with Crippen LogP contribution in [0.5, 0.6) is 0 Å². The summed E-state index contributed by atoms with van der Waals surface area (Å²) in [7, 11) is 3.68. The van der Waals surface area contributed by atoms with Gasteiger partial charge in [0.05, 0.1) is 6.54 Å². The maximum atomic E-state index is 13.0. The number of anilines is 1. The van der Waals surface area contributed by atoms with Gasteiger partial charge in [-0.2, -0.15) is 0 Å². The molecular weight excluding hydrogens is 376 g/mol. The first kappa shape index (κ1) is 20.8. The van der Waals surface area contributed by atoms with Gasteiger partial charge in [0.15, 0.2) is 0 Å². The number of rotatable bonds is 7. The van der Waals surface area contributed by atoms with Crippen molar-refractivity contribution in [3.63, 3.8) is 0 Å². The molecule has 1 aromatic carbocycles. The highest BCUT2D eigenvalue weighted by atomic mass is 16.2. The summed E-state index contributed by atoms with van der Waals surface area (Å²) >= 11 is 0. The first-order valence-corrected chi connectivity index (χ1v) is 10.9. The van der Waals surface area contributed by atoms with Crippen molar-refractivity contribution in [3.05, 3.63) is 64.1 Å². The molecule has 1 saturated heterocycles. The summed E-state index contributed by atoms with van der Waals surface area (Å²) in [5.74, 6) is 0.741. The second kappa shape index (κ2) is 9.14. The summed E-state index contributed by atoms with van der Waals surface area (Å²) in [6, 6.07) is 14.5. The number of hydrogen-bond acceptors (Lipinski definition) is 4. The number of likely N-dealkylation sites (N-methyl/N-ethyl adjacent to an activating group) is 1. The molecular formula is C24H32N4O2. The van der Waals surface area contributed by atoms with Crippen molar-refractivity contribution in [1.29, 1.82) is 0 Å². The minimum atomic E-state index is -0.154. The molecule has 2 aliphatic heterocycles. The molecule has 4 rings (SSSR count). The van der Waals surface area contributed by atoms with Crippen LogP contribution in [0.25, 0.3) is 0 Å². The Labute approximate surface area is 178 Å². The highest BCUT2D eigenvalue weighted by Gasteiger charge is 2.34. The molecule has 0 saturated carbocycles. The molecule has 30 heavy (non-hydrogen) atoms. The Morgan fingerprint density at radius 1 is 1.10 bits per heavy atom. The summed E-state index contributed by atoms with van der Waals surface area (Å²) in [6.07, 6.45) is 3.42. The third kappa shape index (κ3) is 4.82. The van der Waals surface area contributed by atoms with E-state index >= 15 is 0 Å². The van der Waals surface area contributed by atoms with Crippen LogP contribution in [0.15, 0.2) is 47.3 Å². The Bertz CT molecular complexity index is 938. The number of pyridine rings is 1. The van der Waals surface area contributed by atoms with Gasteiger partial charge in [-0.05, 0) is 63.5 Å². The van der Waals surface area contributed by atoms with Crippen LogP contribution >= 0.6 is 0 Å². The molecule has 1 fully saturated rings. The number of nitrogens with one attached hydrogen (secondary N) is 1. The lowest BCUT2D eigenvalue weighted by Gasteiger charge is -2.43. The molecule has 160 valence electrons. The standard InChI is InChI=1S/C24H32N4O2/c1-26(2)17-23(29)25-21-10-11-22-20-13-19(15-28(22)24(21)30)14-27(16-20)12-6-9-18-7-4-3-5-8-18/h3-5,7-8,10-11,19-20H,6,9,12-17H2,1-2H3,(H,25,29)/t19-,20-/m1/s1. The monoisotopic (exact) mass is 408 g/mol. The SMILES string of the molecule is CN(C)CC(=O)Nc1ccc2n(c1=O)C[C@@H]1C[C@@H]2CN(CCCc2ccccc2)C1. The summed E-state index contributed by atoms with van der Waals surface area (Å²) in [5, 5.41) is 2.79. The number of aromatic nitrogens is 1. The van der Waals surface area contributed by atoms with E-state index < -0.39 is 0 Å². The van der Waals surface area contributed by atoms with Crippen LogP contribution in [-0.2, 0) is 17.8 Å². The average Bonchev–Trinajstić information content (AvgIpc) is 2.71. The molecule has 0 radical (unpaired) electrons. The van der Waals surface area contributed by atoms with Gasteiger partial charge in [0.2, 0.25) is 5.91 Å². The molecule has 2 bridgehead atoms. The summed E-state index contributed by atoms with van der Waals surface area (Å²) in [4.78, 5) is 29.4. The lowest BCUT2D eigenvalue weighted by molar-refractivity contribution is -0.116. The van der Waals surface area contributed by atoms with Gasteiger partial charge in [-0.1, -0.05) is 30.3 Å². The maximum absolute atomic E-state index is 13.0. The number of aryl methyl sites for hydroxylation is 1. The van der Waals surface area contributed by atoms with E-state index in [-0.39, 0.29) is 18.0 Å². The van der Waals surface area contributed by atoms with Crippen LogP contribution < -0.4 is 10.9 Å². The second-order valence-electron chi connectivity index (χ2n) is 9.02. The largest absolute Gasteiger partial charge is 0.320 e. The minimum Gasteiger partial charge on any atom is -0.320 e. The van der Waals surface area contributed by atoms with E-state index in [9.17, 15) is 9.59 Å². The second-order valence-corrected chi connectivity index (χ2v) is 9.02. The molecule has 2 aliphatic rings. The van der Waals surface area contributed by atoms with Gasteiger partial charge in [0.25, 0.3) is 5.56 Å². The molecule has 3 heterocycles. The van der Waals surface area contributed by atoms with Crippen LogP contribution in [0.3, 0.4) is 0 Å². The topological polar surface area (TPSA) is 57.6 Å². The van der Waals surface area contributed by atoms with Crippen molar-refractivity contribution in [1.82, 2.24) is 14.4 Å². The summed E-state index contributed by atoms with van der Waals surface area (Å²) < 4.78 is 1.91. The van der Waals surface area contributed by atoms with Crippen molar-refractivity contribution in [2.45, 2.75) is 31.7 Å². The van der Waals surface area contributed by atoms with Crippen molar-refractivity contribution in [2.75, 3.05) is 45.6 Å². The van der Waals surface area contributed by atoms with Crippen LogP contribution in [0.4, 0.5) is 5.69 Å². The molecule has 6 heteroatoms. The van der Waals surface area contributed by atoms with E-state index in [0.717, 1.165) is 51.1 Å². The highest BCUT2D eigenvalue weighted by molar-refractivity contribution is 5.92. The van der Waals surface area contributed by atoms with E-state index in [1.54, 1.807) is 11.0 Å². The average molecular weight is 409 g/mol. The zero-order chi connectivity index (χ0) is 21.1. The Kier molecular flexibility index (Phi) is 6.35. The molecule has 1 amide bonds. The van der Waals surface area contributed by atoms with E-state index in [1.165, 1.54) is 5.56 Å². The molecule has 0 unspecified atom stereocenters. The van der Waals surface area contributed by atoms with Gasteiger partial charge in [0, 0.05) is 31.2 Å². The minimum absolute atomic E-state index is 0.0631. The van der Waals surface area contributed by atoms with Gasteiger partial charge in [-0.25, -0.2) is 0 Å². The zero-order valence-corrected chi connectivity index (χ0v) is 18.0. The Morgan fingerprint density at radius 3 is 2.67 bits per heavy atom. The van der Waals surface area contributed by atoms with E-state index in [1.807, 2.05) is 24.7 Å². The number of amides is 1. The number of fused-ring (bicyclic) bond motifs is 4. The number of carbonyl (C=O) groups is 1. The third-order valence-corrected chi connectivity index (χ3v) is 6.20. The predicted octanol–water partition coefficient (Wildman–Crippen LogP) is 2.40. The van der Waals surface area contributed by atoms with Crippen LogP contribution in [0.1, 0.15) is 30.0 Å². The lowest BCUT2D eigenvalue weighted by Crippen LogP contribution is -2.47. The fourth-order valence-electron chi connectivity index (χ4n) is 4.95. The first-order valence-electron chi connectivity index (χ1n) is 10.9. The highest BCUT2D eigenvalue weighted by Crippen LogP contribution is 2.35. The van der Waals surface area contributed by atoms with E-state index in [2.05, 4.69) is 40.5 Å². The van der Waals surface area contributed by atoms with Crippen molar-refractivity contribution in [2.24, 2.45) is 5.92 Å². The molecule has 1 N–H and O–H groups in total. The zero-order valence-electron chi connectivity index (χ0n) is 18.0. The molecule has 0 spiro atoms. The Balaban J connectivity index is 1.40. The van der Waals surface area contributed by atoms with Gasteiger partial charge in [-0.15, -0.1) is 0 Å². The number of nitrogens with zero attached hydrogens (tertiary/aromatic N) is 3. The van der Waals surface area contributed by atoms with E-state index in [4.69, 9.17) is 0 Å². The number of likely N-dealkylation sites (tertiary alicyclic amines) is 1. The first-order chi connectivity index (χ1) is 14.5. The number of hydrogen-bond donors (Lipinski definition) is 1. The number of carbonyl (C=O) groups excluding carboxylic acids is 1. The normalized spacial score (nSPS) is 20.8. The Hall–Kier alpha value is -2.44. The van der Waals surface area contributed by atoms with Gasteiger partial charge in [0.1, 0.15) is 5.69 Å². The fourth-order valence-corrected chi connectivity index (χ4v) is 4.95. The molecule has 6 nitrogen and oxygen atoms in total. The van der Waals surface area contributed by atoms with Gasteiger partial charge in [-0.3, -0.25) is 9.59 Å². The van der Waals surface area contributed by atoms with E-state index in [0.29, 0.717) is 17.5 Å². The number of benzene rings is 1. The van der Waals surface area contributed by atoms with Crippen molar-refractivity contribution in [3.8, 4) is 0 Å². The quantitative estimate of drug-likeness (QED) is 0.764. The molecule has 1 aromatic heterocycles. The third-order valence-electron chi connectivity index (χ3n) is 6.20. The fraction of sp³-hybridized carbons (Fsp3) is 0.500. The van der Waals surface area contributed by atoms with Crippen LogP contribution in [-0.4, -0.2) is 60.5 Å². The van der Waals surface area contributed by atoms with Crippen LogP contribution in [0.2, 0.25) is 0 Å². The lowest BCUT2D eigenvalue weighted by atomic mass is 9.83. The summed E-state index contributed by atoms with van der Waals surface area (Å²) in [6.45, 7) is 4.18. The Morgan fingerprint density at radius 2 is 1.90 bits per heavy atom. The molecule has 2 atom stereocenters. The van der Waals surface area contributed by atoms with Crippen LogP contribution in [0, 0.1) is 5.92 Å². The smallest absolute Gasteiger partial charge is 0.274 e. The van der Waals surface area contributed by atoms with Gasteiger partial charge < -0.3 is 19.7 Å².